The topological polar surface area (TPSA) is 109 Å². The van der Waals surface area contributed by atoms with Crippen molar-refractivity contribution < 1.29 is 34.3 Å². The minimum atomic E-state index is -1.37. The molecule has 0 aliphatic carbocycles. The molecule has 3 aliphatic rings. The lowest BCUT2D eigenvalue weighted by atomic mass is 9.84. The molecule has 0 unspecified atom stereocenters. The SMILES string of the molecule is C[C@@H]1O[C@@H](Oc2ccc(C=CC(=O)OC[C@H]3CCCN4CCCC[C@H]34)cc2)[C@H](O)[C@H](O)[C@H]1O. The van der Waals surface area contributed by atoms with Gasteiger partial charge in [-0.3, -0.25) is 4.90 Å². The largest absolute Gasteiger partial charge is 0.462 e. The fourth-order valence-corrected chi connectivity index (χ4v) is 5.08. The van der Waals surface area contributed by atoms with Crippen molar-refractivity contribution >= 4 is 12.0 Å². The number of nitrogens with zero attached hydrogens (tertiary/aromatic N) is 1. The number of rotatable bonds is 6. The molecule has 0 spiro atoms. The lowest BCUT2D eigenvalue weighted by molar-refractivity contribution is -0.268. The van der Waals surface area contributed by atoms with E-state index in [1.807, 2.05) is 0 Å². The Kier molecular flexibility index (Phi) is 8.03. The molecule has 3 N–H and O–H groups in total. The molecule has 0 aromatic heterocycles. The summed E-state index contributed by atoms with van der Waals surface area (Å²) >= 11 is 0. The van der Waals surface area contributed by atoms with Crippen molar-refractivity contribution in [2.24, 2.45) is 5.92 Å². The van der Waals surface area contributed by atoms with E-state index < -0.39 is 30.7 Å². The molecular weight excluding hydrogens is 426 g/mol. The minimum Gasteiger partial charge on any atom is -0.462 e. The number of hydrogen-bond acceptors (Lipinski definition) is 8. The highest BCUT2D eigenvalue weighted by Crippen LogP contribution is 2.31. The summed E-state index contributed by atoms with van der Waals surface area (Å²) in [6.45, 7) is 4.41. The summed E-state index contributed by atoms with van der Waals surface area (Å²) in [4.78, 5) is 14.8. The van der Waals surface area contributed by atoms with Crippen LogP contribution in [0.1, 0.15) is 44.6 Å². The van der Waals surface area contributed by atoms with Crippen LogP contribution in [0.5, 0.6) is 5.75 Å². The molecule has 3 fully saturated rings. The molecule has 182 valence electrons. The summed E-state index contributed by atoms with van der Waals surface area (Å²) in [7, 11) is 0. The Balaban J connectivity index is 1.25. The molecule has 0 amide bonds. The zero-order valence-electron chi connectivity index (χ0n) is 19.1. The first-order valence-corrected chi connectivity index (χ1v) is 12.0. The van der Waals surface area contributed by atoms with Crippen molar-refractivity contribution in [2.45, 2.75) is 75.8 Å². The number of aliphatic hydroxyl groups is 3. The molecule has 4 rings (SSSR count). The molecule has 3 heterocycles. The van der Waals surface area contributed by atoms with Gasteiger partial charge in [-0.25, -0.2) is 4.79 Å². The number of ether oxygens (including phenoxy) is 3. The molecule has 1 aromatic rings. The summed E-state index contributed by atoms with van der Waals surface area (Å²) < 4.78 is 16.6. The molecular formula is C25H35NO7. The van der Waals surface area contributed by atoms with Crippen molar-refractivity contribution in [3.63, 3.8) is 0 Å². The summed E-state index contributed by atoms with van der Waals surface area (Å²) in [6, 6.07) is 7.45. The van der Waals surface area contributed by atoms with Crippen molar-refractivity contribution in [3.8, 4) is 5.75 Å². The summed E-state index contributed by atoms with van der Waals surface area (Å²) in [5, 5.41) is 29.7. The van der Waals surface area contributed by atoms with Gasteiger partial charge in [-0.05, 0) is 69.5 Å². The molecule has 3 saturated heterocycles. The Morgan fingerprint density at radius 2 is 1.82 bits per heavy atom. The van der Waals surface area contributed by atoms with Gasteiger partial charge in [0.1, 0.15) is 24.1 Å². The van der Waals surface area contributed by atoms with Crippen LogP contribution in [0.3, 0.4) is 0 Å². The highest BCUT2D eigenvalue weighted by molar-refractivity contribution is 5.87. The van der Waals surface area contributed by atoms with Crippen LogP contribution in [0.2, 0.25) is 0 Å². The summed E-state index contributed by atoms with van der Waals surface area (Å²) in [5.41, 5.74) is 0.796. The first-order valence-electron chi connectivity index (χ1n) is 12.0. The second-order valence-electron chi connectivity index (χ2n) is 9.33. The standard InChI is InChI=1S/C25H35NO7/c1-16-22(28)23(29)24(30)25(32-16)33-19-10-7-17(8-11-19)9-12-21(27)31-15-18-5-4-14-26-13-3-2-6-20(18)26/h7-12,16,18,20,22-25,28-30H,2-6,13-15H2,1H3/t16-,18+,20+,22-,23+,24+,25-/m0/s1. The monoisotopic (exact) mass is 461 g/mol. The predicted octanol–water partition coefficient (Wildman–Crippen LogP) is 1.71. The lowest BCUT2D eigenvalue weighted by Gasteiger charge is -2.44. The molecule has 3 aliphatic heterocycles. The van der Waals surface area contributed by atoms with Gasteiger partial charge in [0.2, 0.25) is 6.29 Å². The average Bonchev–Trinajstić information content (AvgIpc) is 2.84. The van der Waals surface area contributed by atoms with Gasteiger partial charge >= 0.3 is 5.97 Å². The van der Waals surface area contributed by atoms with Gasteiger partial charge in [0.15, 0.2) is 0 Å². The summed E-state index contributed by atoms with van der Waals surface area (Å²) in [5.74, 6) is 0.514. The molecule has 1 aromatic carbocycles. The van der Waals surface area contributed by atoms with Crippen LogP contribution in [-0.4, -0.2) is 82.6 Å². The number of piperidine rings is 2. The molecule has 7 atom stereocenters. The number of aliphatic hydroxyl groups excluding tert-OH is 3. The third-order valence-electron chi connectivity index (χ3n) is 7.02. The third kappa shape index (κ3) is 5.94. The van der Waals surface area contributed by atoms with Crippen LogP contribution in [0.4, 0.5) is 0 Å². The normalized spacial score (nSPS) is 35.2. The van der Waals surface area contributed by atoms with Crippen molar-refractivity contribution in [2.75, 3.05) is 19.7 Å². The van der Waals surface area contributed by atoms with E-state index in [4.69, 9.17) is 14.2 Å². The quantitative estimate of drug-likeness (QED) is 0.434. The van der Waals surface area contributed by atoms with Crippen LogP contribution in [-0.2, 0) is 14.3 Å². The van der Waals surface area contributed by atoms with Crippen LogP contribution in [0.25, 0.3) is 6.08 Å². The number of carbonyl (C=O) groups excluding carboxylic acids is 1. The van der Waals surface area contributed by atoms with Crippen molar-refractivity contribution in [3.05, 3.63) is 35.9 Å². The maximum atomic E-state index is 12.2. The molecule has 0 bridgehead atoms. The van der Waals surface area contributed by atoms with Gasteiger partial charge in [-0.1, -0.05) is 18.6 Å². The van der Waals surface area contributed by atoms with Crippen LogP contribution < -0.4 is 4.74 Å². The van der Waals surface area contributed by atoms with Crippen molar-refractivity contribution in [1.29, 1.82) is 0 Å². The summed E-state index contributed by atoms with van der Waals surface area (Å²) in [6.07, 6.45) is 3.51. The predicted molar refractivity (Wildman–Crippen MR) is 121 cm³/mol. The van der Waals surface area contributed by atoms with Gasteiger partial charge in [-0.15, -0.1) is 0 Å². The van der Waals surface area contributed by atoms with E-state index in [-0.39, 0.29) is 5.97 Å². The highest BCUT2D eigenvalue weighted by Gasteiger charge is 2.43. The molecule has 8 nitrogen and oxygen atoms in total. The maximum Gasteiger partial charge on any atom is 0.330 e. The van der Waals surface area contributed by atoms with E-state index in [2.05, 4.69) is 4.90 Å². The Morgan fingerprint density at radius 1 is 1.06 bits per heavy atom. The van der Waals surface area contributed by atoms with E-state index in [1.54, 1.807) is 37.3 Å². The number of esters is 1. The second-order valence-corrected chi connectivity index (χ2v) is 9.33. The molecule has 0 radical (unpaired) electrons. The Hall–Kier alpha value is -1.97. The fourth-order valence-electron chi connectivity index (χ4n) is 5.08. The van der Waals surface area contributed by atoms with Gasteiger partial charge in [0, 0.05) is 18.0 Å². The number of fused-ring (bicyclic) bond motifs is 1. The highest BCUT2D eigenvalue weighted by atomic mass is 16.7. The second kappa shape index (κ2) is 11.0. The third-order valence-corrected chi connectivity index (χ3v) is 7.02. The number of benzene rings is 1. The van der Waals surface area contributed by atoms with E-state index in [9.17, 15) is 20.1 Å². The molecule has 8 heteroatoms. The van der Waals surface area contributed by atoms with E-state index in [0.717, 1.165) is 12.0 Å². The van der Waals surface area contributed by atoms with Crippen molar-refractivity contribution in [1.82, 2.24) is 4.90 Å². The lowest BCUT2D eigenvalue weighted by Crippen LogP contribution is -2.58. The average molecular weight is 462 g/mol. The minimum absolute atomic E-state index is 0.344. The maximum absolute atomic E-state index is 12.2. The first-order chi connectivity index (χ1) is 15.9. The number of hydrogen-bond donors (Lipinski definition) is 3. The van der Waals surface area contributed by atoms with Crippen LogP contribution in [0, 0.1) is 5.92 Å². The number of carbonyl (C=O) groups is 1. The van der Waals surface area contributed by atoms with E-state index >= 15 is 0 Å². The molecule has 0 saturated carbocycles. The smallest absolute Gasteiger partial charge is 0.330 e. The first kappa shape index (κ1) is 24.2. The Morgan fingerprint density at radius 3 is 2.61 bits per heavy atom. The molecule has 33 heavy (non-hydrogen) atoms. The zero-order valence-corrected chi connectivity index (χ0v) is 19.1. The van der Waals surface area contributed by atoms with Crippen LogP contribution >= 0.6 is 0 Å². The van der Waals surface area contributed by atoms with E-state index in [0.29, 0.717) is 24.3 Å². The Labute approximate surface area is 194 Å². The van der Waals surface area contributed by atoms with E-state index in [1.165, 1.54) is 44.8 Å². The zero-order chi connectivity index (χ0) is 23.4. The van der Waals surface area contributed by atoms with Gasteiger partial charge in [0.05, 0.1) is 12.7 Å². The van der Waals surface area contributed by atoms with Gasteiger partial charge < -0.3 is 29.5 Å². The Bertz CT molecular complexity index is 811. The fraction of sp³-hybridized carbons (Fsp3) is 0.640. The van der Waals surface area contributed by atoms with Crippen LogP contribution in [0.15, 0.2) is 30.3 Å². The van der Waals surface area contributed by atoms with Gasteiger partial charge in [0.25, 0.3) is 0 Å². The van der Waals surface area contributed by atoms with Gasteiger partial charge in [-0.2, -0.15) is 0 Å².